The average Bonchev–Trinajstić information content (AvgIpc) is 2.77. The van der Waals surface area contributed by atoms with Crippen molar-refractivity contribution in [2.24, 2.45) is 0 Å². The van der Waals surface area contributed by atoms with E-state index in [0.29, 0.717) is 5.02 Å². The van der Waals surface area contributed by atoms with Crippen molar-refractivity contribution in [3.8, 4) is 0 Å². The lowest BCUT2D eigenvalue weighted by molar-refractivity contribution is 0.674. The first-order chi connectivity index (χ1) is 15.6. The summed E-state index contributed by atoms with van der Waals surface area (Å²) >= 11 is 12.1. The second kappa shape index (κ2) is 10.8. The van der Waals surface area contributed by atoms with Gasteiger partial charge in [-0.15, -0.1) is 0 Å². The van der Waals surface area contributed by atoms with Crippen molar-refractivity contribution in [1.29, 1.82) is 0 Å². The molecule has 0 aliphatic carbocycles. The maximum atomic E-state index is 6.07. The SMILES string of the molecule is Cc1cc(Cc2ccc(Cl)cc2)nc(CCCCCNc2ccnc3cc(Cl)ccc23)n1. The molecule has 0 aliphatic rings. The fourth-order valence-corrected chi connectivity index (χ4v) is 4.09. The second-order valence-electron chi connectivity index (χ2n) is 7.98. The van der Waals surface area contributed by atoms with Gasteiger partial charge in [-0.3, -0.25) is 4.98 Å². The Kier molecular flexibility index (Phi) is 7.56. The van der Waals surface area contributed by atoms with Gasteiger partial charge in [0, 0.05) is 58.1 Å². The van der Waals surface area contributed by atoms with Crippen molar-refractivity contribution in [2.45, 2.75) is 39.0 Å². The van der Waals surface area contributed by atoms with Crippen molar-refractivity contribution in [1.82, 2.24) is 15.0 Å². The van der Waals surface area contributed by atoms with Crippen LogP contribution in [-0.4, -0.2) is 21.5 Å². The number of benzene rings is 2. The quantitative estimate of drug-likeness (QED) is 0.269. The third-order valence-electron chi connectivity index (χ3n) is 5.35. The first-order valence-electron chi connectivity index (χ1n) is 10.9. The van der Waals surface area contributed by atoms with Gasteiger partial charge in [-0.05, 0) is 67.8 Å². The molecular formula is C26H26Cl2N4. The molecule has 4 nitrogen and oxygen atoms in total. The molecule has 6 heteroatoms. The van der Waals surface area contributed by atoms with Crippen LogP contribution in [0.4, 0.5) is 5.69 Å². The van der Waals surface area contributed by atoms with Crippen LogP contribution < -0.4 is 5.32 Å². The van der Waals surface area contributed by atoms with Crippen molar-refractivity contribution < 1.29 is 0 Å². The normalized spacial score (nSPS) is 11.1. The van der Waals surface area contributed by atoms with Gasteiger partial charge in [0.1, 0.15) is 5.82 Å². The van der Waals surface area contributed by atoms with Crippen LogP contribution in [0.25, 0.3) is 10.9 Å². The molecule has 0 aliphatic heterocycles. The fraction of sp³-hybridized carbons (Fsp3) is 0.269. The zero-order valence-corrected chi connectivity index (χ0v) is 19.6. The minimum Gasteiger partial charge on any atom is -0.384 e. The smallest absolute Gasteiger partial charge is 0.128 e. The van der Waals surface area contributed by atoms with Crippen molar-refractivity contribution in [3.63, 3.8) is 0 Å². The summed E-state index contributed by atoms with van der Waals surface area (Å²) in [6, 6.07) is 17.8. The summed E-state index contributed by atoms with van der Waals surface area (Å²) in [5.41, 5.74) is 5.29. The second-order valence-corrected chi connectivity index (χ2v) is 8.85. The summed E-state index contributed by atoms with van der Waals surface area (Å²) in [4.78, 5) is 13.8. The van der Waals surface area contributed by atoms with Crippen LogP contribution in [-0.2, 0) is 12.8 Å². The summed E-state index contributed by atoms with van der Waals surface area (Å²) in [7, 11) is 0. The zero-order chi connectivity index (χ0) is 22.3. The highest BCUT2D eigenvalue weighted by atomic mass is 35.5. The molecule has 0 saturated carbocycles. The summed E-state index contributed by atoms with van der Waals surface area (Å²) in [6.07, 6.45) is 6.77. The van der Waals surface area contributed by atoms with Gasteiger partial charge in [0.2, 0.25) is 0 Å². The molecular weight excluding hydrogens is 439 g/mol. The molecule has 0 unspecified atom stereocenters. The maximum absolute atomic E-state index is 6.07. The van der Waals surface area contributed by atoms with E-state index in [1.165, 1.54) is 5.56 Å². The number of unbranched alkanes of at least 4 members (excludes halogenated alkanes) is 2. The third-order valence-corrected chi connectivity index (χ3v) is 5.84. The molecule has 1 N–H and O–H groups in total. The summed E-state index contributed by atoms with van der Waals surface area (Å²) in [6.45, 7) is 2.95. The molecule has 4 rings (SSSR count). The molecule has 0 atom stereocenters. The molecule has 2 heterocycles. The number of anilines is 1. The van der Waals surface area contributed by atoms with E-state index in [0.717, 1.165) is 77.5 Å². The molecule has 0 saturated heterocycles. The van der Waals surface area contributed by atoms with Crippen LogP contribution in [0.2, 0.25) is 10.0 Å². The Morgan fingerprint density at radius 2 is 1.66 bits per heavy atom. The molecule has 2 aromatic carbocycles. The van der Waals surface area contributed by atoms with Gasteiger partial charge in [-0.2, -0.15) is 0 Å². The van der Waals surface area contributed by atoms with E-state index >= 15 is 0 Å². The zero-order valence-electron chi connectivity index (χ0n) is 18.1. The Morgan fingerprint density at radius 1 is 0.844 bits per heavy atom. The lowest BCUT2D eigenvalue weighted by Crippen LogP contribution is -2.04. The highest BCUT2D eigenvalue weighted by molar-refractivity contribution is 6.31. The van der Waals surface area contributed by atoms with Gasteiger partial charge in [0.15, 0.2) is 0 Å². The predicted octanol–water partition coefficient (Wildman–Crippen LogP) is 7.06. The number of aromatic nitrogens is 3. The molecule has 32 heavy (non-hydrogen) atoms. The van der Waals surface area contributed by atoms with Crippen LogP contribution in [0.15, 0.2) is 60.8 Å². The maximum Gasteiger partial charge on any atom is 0.128 e. The number of fused-ring (bicyclic) bond motifs is 1. The largest absolute Gasteiger partial charge is 0.384 e. The number of nitrogens with zero attached hydrogens (tertiary/aromatic N) is 3. The molecule has 0 bridgehead atoms. The lowest BCUT2D eigenvalue weighted by Gasteiger charge is -2.10. The number of pyridine rings is 1. The van der Waals surface area contributed by atoms with Gasteiger partial charge in [-0.25, -0.2) is 9.97 Å². The number of nitrogens with one attached hydrogen (secondary N) is 1. The van der Waals surface area contributed by atoms with Crippen LogP contribution in [0.5, 0.6) is 0 Å². The van der Waals surface area contributed by atoms with Gasteiger partial charge in [0.25, 0.3) is 0 Å². The Balaban J connectivity index is 1.25. The molecule has 0 spiro atoms. The standard InChI is InChI=1S/C26H26Cl2N4/c1-18-15-22(16-19-6-8-20(27)9-7-19)32-26(31-18)5-3-2-4-13-29-24-12-14-30-25-17-21(28)10-11-23(24)25/h6-12,14-15,17H,2-5,13,16H2,1H3,(H,29,30). The van der Waals surface area contributed by atoms with Crippen LogP contribution in [0, 0.1) is 6.92 Å². The van der Waals surface area contributed by atoms with Crippen LogP contribution in [0.3, 0.4) is 0 Å². The van der Waals surface area contributed by atoms with E-state index in [1.807, 2.05) is 61.7 Å². The third kappa shape index (κ3) is 6.18. The molecule has 164 valence electrons. The summed E-state index contributed by atoms with van der Waals surface area (Å²) in [5, 5.41) is 6.09. The van der Waals surface area contributed by atoms with E-state index in [-0.39, 0.29) is 0 Å². The van der Waals surface area contributed by atoms with E-state index in [2.05, 4.69) is 21.4 Å². The van der Waals surface area contributed by atoms with Crippen molar-refractivity contribution in [2.75, 3.05) is 11.9 Å². The molecule has 0 fully saturated rings. The Labute approximate surface area is 199 Å². The van der Waals surface area contributed by atoms with Crippen molar-refractivity contribution in [3.05, 3.63) is 93.6 Å². The predicted molar refractivity (Wildman–Crippen MR) is 134 cm³/mol. The van der Waals surface area contributed by atoms with E-state index < -0.39 is 0 Å². The summed E-state index contributed by atoms with van der Waals surface area (Å²) < 4.78 is 0. The highest BCUT2D eigenvalue weighted by Gasteiger charge is 2.05. The Bertz CT molecular complexity index is 1190. The number of hydrogen-bond donors (Lipinski definition) is 1. The highest BCUT2D eigenvalue weighted by Crippen LogP contribution is 2.24. The van der Waals surface area contributed by atoms with Gasteiger partial charge in [0.05, 0.1) is 5.52 Å². The van der Waals surface area contributed by atoms with E-state index in [9.17, 15) is 0 Å². The van der Waals surface area contributed by atoms with Gasteiger partial charge >= 0.3 is 0 Å². The number of hydrogen-bond acceptors (Lipinski definition) is 4. The topological polar surface area (TPSA) is 50.7 Å². The van der Waals surface area contributed by atoms with E-state index in [1.54, 1.807) is 0 Å². The van der Waals surface area contributed by atoms with Crippen LogP contribution in [0.1, 0.15) is 42.0 Å². The first-order valence-corrected chi connectivity index (χ1v) is 11.7. The van der Waals surface area contributed by atoms with Gasteiger partial charge < -0.3 is 5.32 Å². The first kappa shape index (κ1) is 22.5. The lowest BCUT2D eigenvalue weighted by atomic mass is 10.1. The Morgan fingerprint density at radius 3 is 2.50 bits per heavy atom. The molecule has 4 aromatic rings. The monoisotopic (exact) mass is 464 g/mol. The minimum absolute atomic E-state index is 0.705. The summed E-state index contributed by atoms with van der Waals surface area (Å²) in [5.74, 6) is 0.930. The Hall–Kier alpha value is -2.69. The number of aryl methyl sites for hydroxylation is 2. The number of rotatable bonds is 9. The molecule has 0 radical (unpaired) electrons. The fourth-order valence-electron chi connectivity index (χ4n) is 3.80. The van der Waals surface area contributed by atoms with Crippen LogP contribution >= 0.6 is 23.2 Å². The van der Waals surface area contributed by atoms with E-state index in [4.69, 9.17) is 28.2 Å². The van der Waals surface area contributed by atoms with Crippen molar-refractivity contribution >= 4 is 39.8 Å². The average molecular weight is 465 g/mol. The minimum atomic E-state index is 0.705. The van der Waals surface area contributed by atoms with Gasteiger partial charge in [-0.1, -0.05) is 41.8 Å². The molecule has 0 amide bonds. The number of halogens is 2. The molecule has 2 aromatic heterocycles.